The molecule has 1 heterocycles. The second-order valence-corrected chi connectivity index (χ2v) is 5.44. The number of nitrogens with zero attached hydrogens (tertiary/aromatic N) is 1. The van der Waals surface area contributed by atoms with E-state index >= 15 is 0 Å². The molecule has 1 aromatic heterocycles. The van der Waals surface area contributed by atoms with E-state index in [9.17, 15) is 14.9 Å². The Morgan fingerprint density at radius 2 is 2.00 bits per heavy atom. The fraction of sp³-hybridized carbons (Fsp3) is 0.235. The van der Waals surface area contributed by atoms with Gasteiger partial charge < -0.3 is 9.15 Å². The number of hydrogen-bond acceptors (Lipinski definition) is 5. The second-order valence-electron chi connectivity index (χ2n) is 5.01. The first-order chi connectivity index (χ1) is 11.4. The van der Waals surface area contributed by atoms with E-state index in [0.717, 1.165) is 0 Å². The molecular weight excluding hydrogens is 332 g/mol. The minimum atomic E-state index is -0.385. The van der Waals surface area contributed by atoms with Crippen molar-refractivity contribution in [3.05, 3.63) is 46.2 Å². The highest BCUT2D eigenvalue weighted by Gasteiger charge is 2.22. The van der Waals surface area contributed by atoms with Crippen LogP contribution >= 0.6 is 11.6 Å². The lowest BCUT2D eigenvalue weighted by molar-refractivity contribution is -0.116. The molecule has 0 saturated carbocycles. The predicted octanol–water partition coefficient (Wildman–Crippen LogP) is 3.72. The first-order valence-electron chi connectivity index (χ1n) is 7.15. The zero-order chi connectivity index (χ0) is 17.7. The Balaban J connectivity index is 1.95. The average molecular weight is 347 g/mol. The van der Waals surface area contributed by atoms with E-state index in [0.29, 0.717) is 16.5 Å². The summed E-state index contributed by atoms with van der Waals surface area (Å²) >= 11 is 5.77. The minimum Gasteiger partial charge on any atom is -0.493 e. The fourth-order valence-corrected chi connectivity index (χ4v) is 2.27. The van der Waals surface area contributed by atoms with Crippen LogP contribution in [0.1, 0.15) is 35.0 Å². The van der Waals surface area contributed by atoms with Gasteiger partial charge in [0.15, 0.2) is 5.78 Å². The highest BCUT2D eigenvalue weighted by Crippen LogP contribution is 2.26. The number of benzene rings is 1. The maximum Gasteiger partial charge on any atom is 0.230 e. The van der Waals surface area contributed by atoms with Crippen molar-refractivity contribution in [1.82, 2.24) is 0 Å². The Labute approximate surface area is 144 Å². The van der Waals surface area contributed by atoms with Gasteiger partial charge in [-0.05, 0) is 38.1 Å². The number of hydrogen-bond donors (Lipinski definition) is 1. The normalized spacial score (nSPS) is 10.1. The van der Waals surface area contributed by atoms with E-state index in [2.05, 4.69) is 5.32 Å². The molecule has 0 fully saturated rings. The Morgan fingerprint density at radius 1 is 1.33 bits per heavy atom. The summed E-state index contributed by atoms with van der Waals surface area (Å²) in [5.74, 6) is 0.199. The smallest absolute Gasteiger partial charge is 0.230 e. The van der Waals surface area contributed by atoms with Crippen molar-refractivity contribution in [2.75, 3.05) is 11.9 Å². The van der Waals surface area contributed by atoms with Gasteiger partial charge in [0.1, 0.15) is 23.1 Å². The average Bonchev–Trinajstić information content (AvgIpc) is 2.84. The lowest BCUT2D eigenvalue weighted by Gasteiger charge is -2.06. The highest BCUT2D eigenvalue weighted by atomic mass is 35.5. The zero-order valence-corrected chi connectivity index (χ0v) is 13.9. The third-order valence-corrected chi connectivity index (χ3v) is 3.46. The molecule has 124 valence electrons. The quantitative estimate of drug-likeness (QED) is 0.804. The van der Waals surface area contributed by atoms with Gasteiger partial charge in [-0.3, -0.25) is 14.9 Å². The van der Waals surface area contributed by atoms with Crippen LogP contribution in [0.25, 0.3) is 0 Å². The molecule has 0 saturated heterocycles. The van der Waals surface area contributed by atoms with Gasteiger partial charge in [0.2, 0.25) is 11.8 Å². The van der Waals surface area contributed by atoms with Crippen LogP contribution in [-0.2, 0) is 4.79 Å². The first kappa shape index (κ1) is 17.6. The van der Waals surface area contributed by atoms with Crippen molar-refractivity contribution in [3.8, 4) is 11.8 Å². The van der Waals surface area contributed by atoms with Crippen molar-refractivity contribution in [2.45, 2.75) is 20.3 Å². The van der Waals surface area contributed by atoms with Crippen molar-refractivity contribution in [2.24, 2.45) is 0 Å². The number of nitriles is 1. The maximum atomic E-state index is 11.9. The van der Waals surface area contributed by atoms with Gasteiger partial charge in [-0.2, -0.15) is 5.26 Å². The third-order valence-electron chi connectivity index (χ3n) is 3.21. The molecule has 1 amide bonds. The largest absolute Gasteiger partial charge is 0.493 e. The number of aryl methyl sites for hydroxylation is 1. The number of ketones is 1. The highest BCUT2D eigenvalue weighted by molar-refractivity contribution is 6.30. The Bertz CT molecular complexity index is 803. The molecule has 2 aromatic rings. The second kappa shape index (κ2) is 7.66. The number of ether oxygens (including phenoxy) is 1. The molecule has 0 spiro atoms. The molecule has 0 bridgehead atoms. The summed E-state index contributed by atoms with van der Waals surface area (Å²) in [6.07, 6.45) is 0.0582. The summed E-state index contributed by atoms with van der Waals surface area (Å²) in [7, 11) is 0. The summed E-state index contributed by atoms with van der Waals surface area (Å²) in [6, 6.07) is 8.65. The summed E-state index contributed by atoms with van der Waals surface area (Å²) in [5, 5.41) is 12.3. The molecule has 0 atom stereocenters. The number of rotatable bonds is 6. The number of furan rings is 1. The number of carbonyl (C=O) groups is 2. The van der Waals surface area contributed by atoms with Gasteiger partial charge in [-0.15, -0.1) is 0 Å². The van der Waals surface area contributed by atoms with Gasteiger partial charge in [0, 0.05) is 5.02 Å². The van der Waals surface area contributed by atoms with Crippen molar-refractivity contribution in [3.63, 3.8) is 0 Å². The molecule has 0 aliphatic carbocycles. The molecular formula is C17H15ClN2O4. The Hall–Kier alpha value is -2.78. The van der Waals surface area contributed by atoms with Gasteiger partial charge >= 0.3 is 0 Å². The maximum absolute atomic E-state index is 11.9. The SMILES string of the molecule is CC(=O)c1c(C)oc(NC(=O)CCOc2ccc(Cl)cc2)c1C#N. The zero-order valence-electron chi connectivity index (χ0n) is 13.2. The molecule has 6 nitrogen and oxygen atoms in total. The van der Waals surface area contributed by atoms with Gasteiger partial charge in [0.05, 0.1) is 18.6 Å². The van der Waals surface area contributed by atoms with E-state index in [1.807, 2.05) is 6.07 Å². The van der Waals surface area contributed by atoms with Crippen LogP contribution in [0, 0.1) is 18.3 Å². The third kappa shape index (κ3) is 4.15. The lowest BCUT2D eigenvalue weighted by atomic mass is 10.1. The van der Waals surface area contributed by atoms with Crippen molar-refractivity contribution < 1.29 is 18.7 Å². The number of halogens is 1. The van der Waals surface area contributed by atoms with Crippen LogP contribution < -0.4 is 10.1 Å². The number of anilines is 1. The molecule has 0 aliphatic rings. The van der Waals surface area contributed by atoms with E-state index in [-0.39, 0.29) is 41.7 Å². The van der Waals surface area contributed by atoms with Crippen molar-refractivity contribution in [1.29, 1.82) is 5.26 Å². The minimum absolute atomic E-state index is 0.0170. The van der Waals surface area contributed by atoms with Crippen LogP contribution in [0.2, 0.25) is 5.02 Å². The summed E-state index contributed by atoms with van der Waals surface area (Å²) < 4.78 is 10.7. The number of nitrogens with one attached hydrogen (secondary N) is 1. The van der Waals surface area contributed by atoms with Gasteiger partial charge in [0.25, 0.3) is 0 Å². The fourth-order valence-electron chi connectivity index (χ4n) is 2.14. The molecule has 7 heteroatoms. The number of amides is 1. The molecule has 24 heavy (non-hydrogen) atoms. The molecule has 0 radical (unpaired) electrons. The number of Topliss-reactive ketones (excluding diaryl/α,β-unsaturated/α-hetero) is 1. The summed E-state index contributed by atoms with van der Waals surface area (Å²) in [5.41, 5.74) is 0.220. The van der Waals surface area contributed by atoms with E-state index in [4.69, 9.17) is 20.8 Å². The van der Waals surface area contributed by atoms with E-state index in [1.165, 1.54) is 6.92 Å². The van der Waals surface area contributed by atoms with E-state index in [1.54, 1.807) is 31.2 Å². The first-order valence-corrected chi connectivity index (χ1v) is 7.52. The molecule has 0 unspecified atom stereocenters. The Kier molecular flexibility index (Phi) is 5.61. The van der Waals surface area contributed by atoms with Crippen LogP contribution in [-0.4, -0.2) is 18.3 Å². The monoisotopic (exact) mass is 346 g/mol. The van der Waals surface area contributed by atoms with Gasteiger partial charge in [-0.1, -0.05) is 11.6 Å². The van der Waals surface area contributed by atoms with Crippen LogP contribution in [0.3, 0.4) is 0 Å². The Morgan fingerprint density at radius 3 is 2.58 bits per heavy atom. The number of carbonyl (C=O) groups excluding carboxylic acids is 2. The van der Waals surface area contributed by atoms with Crippen LogP contribution in [0.15, 0.2) is 28.7 Å². The van der Waals surface area contributed by atoms with Crippen LogP contribution in [0.5, 0.6) is 5.75 Å². The molecule has 1 N–H and O–H groups in total. The van der Waals surface area contributed by atoms with E-state index < -0.39 is 0 Å². The van der Waals surface area contributed by atoms with Gasteiger partial charge in [-0.25, -0.2) is 0 Å². The molecule has 2 rings (SSSR count). The predicted molar refractivity (Wildman–Crippen MR) is 88.4 cm³/mol. The lowest BCUT2D eigenvalue weighted by Crippen LogP contribution is -2.15. The molecule has 1 aromatic carbocycles. The van der Waals surface area contributed by atoms with Crippen molar-refractivity contribution >= 4 is 29.2 Å². The molecule has 0 aliphatic heterocycles. The summed E-state index contributed by atoms with van der Waals surface area (Å²) in [6.45, 7) is 3.05. The standard InChI is InChI=1S/C17H15ClN2O4/c1-10(21)16-11(2)24-17(14(16)9-19)20-15(22)7-8-23-13-5-3-12(18)4-6-13/h3-6H,7-8H2,1-2H3,(H,20,22). The summed E-state index contributed by atoms with van der Waals surface area (Å²) in [4.78, 5) is 23.5. The van der Waals surface area contributed by atoms with Crippen LogP contribution in [0.4, 0.5) is 5.88 Å². The topological polar surface area (TPSA) is 92.3 Å².